The molecule has 11 atom stereocenters. The van der Waals surface area contributed by atoms with Crippen molar-refractivity contribution < 1.29 is 101 Å². The SMILES string of the molecule is CO[Si](OC)(OC)C(C(C)C(F)C(F)(F)C(F)(F)C(F)(F)C(F)C(F)C(F)C(F)C(F)C(F)C(F)C(F)C(F)F)C(F)(F)F. The first-order chi connectivity index (χ1) is 19.6. The maximum Gasteiger partial charge on any atom is 0.513 e. The molecule has 44 heavy (non-hydrogen) atoms. The molecule has 0 fully saturated rings. The average Bonchev–Trinajstić information content (AvgIpc) is 2.94. The maximum atomic E-state index is 14.7. The Kier molecular flexibility index (Phi) is 14.6. The van der Waals surface area contributed by atoms with Gasteiger partial charge in [0, 0.05) is 27.2 Å². The molecule has 0 saturated carbocycles. The van der Waals surface area contributed by atoms with E-state index in [1.165, 1.54) is 0 Å². The fraction of sp³-hybridized carbons (Fsp3) is 1.00. The Balaban J connectivity index is 6.38. The lowest BCUT2D eigenvalue weighted by Gasteiger charge is -2.42. The third kappa shape index (κ3) is 7.97. The van der Waals surface area contributed by atoms with Crippen LogP contribution < -0.4 is 0 Å². The van der Waals surface area contributed by atoms with Gasteiger partial charge in [-0.2, -0.15) is 39.5 Å². The van der Waals surface area contributed by atoms with Crippen LogP contribution in [0, 0.1) is 5.92 Å². The predicted molar refractivity (Wildman–Crippen MR) is 111 cm³/mol. The van der Waals surface area contributed by atoms with Crippen molar-refractivity contribution in [2.45, 2.75) is 98.4 Å². The van der Waals surface area contributed by atoms with Crippen LogP contribution in [0.5, 0.6) is 0 Å². The van der Waals surface area contributed by atoms with Crippen LogP contribution in [0.4, 0.5) is 87.8 Å². The van der Waals surface area contributed by atoms with E-state index in [4.69, 9.17) is 0 Å². The lowest BCUT2D eigenvalue weighted by Crippen LogP contribution is -2.66. The van der Waals surface area contributed by atoms with Gasteiger partial charge in [0.2, 0.25) is 6.17 Å². The summed E-state index contributed by atoms with van der Waals surface area (Å²) in [6.07, 6.45) is -53.7. The smallest absolute Gasteiger partial charge is 0.376 e. The summed E-state index contributed by atoms with van der Waals surface area (Å²) in [6, 6.07) is 0. The Hall–Kier alpha value is -1.30. The monoisotopic (exact) mass is 720 g/mol. The second kappa shape index (κ2) is 15.1. The molecule has 0 saturated heterocycles. The molecule has 0 N–H and O–H groups in total. The van der Waals surface area contributed by atoms with E-state index in [2.05, 4.69) is 13.3 Å². The molecule has 11 unspecified atom stereocenters. The van der Waals surface area contributed by atoms with Gasteiger partial charge in [-0.15, -0.1) is 0 Å². The van der Waals surface area contributed by atoms with E-state index >= 15 is 0 Å². The van der Waals surface area contributed by atoms with Gasteiger partial charge in [0.25, 0.3) is 6.43 Å². The van der Waals surface area contributed by atoms with Crippen molar-refractivity contribution >= 4 is 8.80 Å². The Labute approximate surface area is 236 Å². The van der Waals surface area contributed by atoms with Gasteiger partial charge >= 0.3 is 32.7 Å². The van der Waals surface area contributed by atoms with Gasteiger partial charge in [-0.1, -0.05) is 6.92 Å². The first-order valence-electron chi connectivity index (χ1n) is 11.5. The van der Waals surface area contributed by atoms with Gasteiger partial charge in [0.1, 0.15) is 5.54 Å². The molecule has 0 heterocycles. The molecule has 0 rings (SSSR count). The van der Waals surface area contributed by atoms with Crippen LogP contribution in [0.2, 0.25) is 5.54 Å². The molecular formula is C20H24F20O3Si. The van der Waals surface area contributed by atoms with Gasteiger partial charge in [-0.05, 0) is 0 Å². The van der Waals surface area contributed by atoms with Gasteiger partial charge in [0.15, 0.2) is 49.4 Å². The molecule has 0 aromatic heterocycles. The van der Waals surface area contributed by atoms with Gasteiger partial charge in [0.05, 0.1) is 0 Å². The molecule has 0 amide bonds. The summed E-state index contributed by atoms with van der Waals surface area (Å²) in [6.45, 7) is -0.192. The number of rotatable bonds is 18. The Morgan fingerprint density at radius 3 is 1.05 bits per heavy atom. The predicted octanol–water partition coefficient (Wildman–Crippen LogP) is 7.65. The Morgan fingerprint density at radius 2 is 0.750 bits per heavy atom. The summed E-state index contributed by atoms with van der Waals surface area (Å²) < 4.78 is 288. The third-order valence-corrected chi connectivity index (χ3v) is 9.77. The van der Waals surface area contributed by atoms with E-state index in [0.717, 1.165) is 0 Å². The molecule has 0 aliphatic carbocycles. The summed E-state index contributed by atoms with van der Waals surface area (Å²) in [5, 5.41) is 0. The van der Waals surface area contributed by atoms with Crippen molar-refractivity contribution in [1.29, 1.82) is 0 Å². The normalized spacial score (nSPS) is 22.0. The van der Waals surface area contributed by atoms with E-state index in [1.54, 1.807) is 0 Å². The quantitative estimate of drug-likeness (QED) is 0.108. The van der Waals surface area contributed by atoms with E-state index in [-0.39, 0.29) is 6.92 Å². The average molecular weight is 720 g/mol. The highest BCUT2D eigenvalue weighted by Crippen LogP contribution is 2.56. The first kappa shape index (κ1) is 42.7. The highest BCUT2D eigenvalue weighted by Gasteiger charge is 2.80. The lowest BCUT2D eigenvalue weighted by molar-refractivity contribution is -0.348. The third-order valence-electron chi connectivity index (χ3n) is 6.45. The van der Waals surface area contributed by atoms with Crippen molar-refractivity contribution in [2.75, 3.05) is 21.3 Å². The summed E-state index contributed by atoms with van der Waals surface area (Å²) in [5.41, 5.74) is -3.72. The van der Waals surface area contributed by atoms with Crippen molar-refractivity contribution in [1.82, 2.24) is 0 Å². The molecule has 266 valence electrons. The number of alkyl halides is 20. The highest BCUT2D eigenvalue weighted by molar-refractivity contribution is 6.62. The summed E-state index contributed by atoms with van der Waals surface area (Å²) in [4.78, 5) is 0. The standard InChI is InChI=1S/C20H24F20O3Si/c1-5(15(19(36,37)38)44(41-2,42-3)43-4)13(28)17(32,33)20(39,40)18(34,35)14(29)11(26)9(24)7(22)6(21)8(23)10(25)12(27)16(30)31/h5-16H,1-4H3. The minimum Gasteiger partial charge on any atom is -0.376 e. The molecule has 0 spiro atoms. The van der Waals surface area contributed by atoms with Crippen molar-refractivity contribution in [3.05, 3.63) is 0 Å². The molecule has 0 aliphatic rings. The zero-order valence-electron chi connectivity index (χ0n) is 22.2. The number of hydrogen-bond donors (Lipinski definition) is 0. The minimum absolute atomic E-state index is 0.192. The second-order valence-electron chi connectivity index (χ2n) is 9.16. The second-order valence-corrected chi connectivity index (χ2v) is 12.2. The first-order valence-corrected chi connectivity index (χ1v) is 13.3. The highest BCUT2D eigenvalue weighted by atomic mass is 28.4. The van der Waals surface area contributed by atoms with Gasteiger partial charge < -0.3 is 13.3 Å². The Morgan fingerprint density at radius 1 is 0.455 bits per heavy atom. The van der Waals surface area contributed by atoms with Crippen molar-refractivity contribution in [3.8, 4) is 0 Å². The van der Waals surface area contributed by atoms with Crippen LogP contribution in [0.3, 0.4) is 0 Å². The largest absolute Gasteiger partial charge is 0.513 e. The van der Waals surface area contributed by atoms with Crippen LogP contribution in [0.1, 0.15) is 6.92 Å². The zero-order chi connectivity index (χ0) is 35.5. The molecule has 0 aromatic carbocycles. The van der Waals surface area contributed by atoms with Crippen LogP contribution in [0.15, 0.2) is 0 Å². The van der Waals surface area contributed by atoms with Crippen LogP contribution >= 0.6 is 0 Å². The Bertz CT molecular complexity index is 868. The maximum absolute atomic E-state index is 14.7. The molecule has 24 heteroatoms. The fourth-order valence-electron chi connectivity index (χ4n) is 3.90. The summed E-state index contributed by atoms with van der Waals surface area (Å²) in [7, 11) is -4.18. The van der Waals surface area contributed by atoms with Crippen LogP contribution in [-0.2, 0) is 13.3 Å². The van der Waals surface area contributed by atoms with E-state index < -0.39 is 106 Å². The molecule has 0 aliphatic heterocycles. The van der Waals surface area contributed by atoms with Crippen LogP contribution in [0.25, 0.3) is 0 Å². The van der Waals surface area contributed by atoms with Crippen molar-refractivity contribution in [2.24, 2.45) is 5.92 Å². The van der Waals surface area contributed by atoms with Gasteiger partial charge in [-0.3, -0.25) is 0 Å². The minimum atomic E-state index is -7.61. The molecule has 0 aromatic rings. The molecule has 0 radical (unpaired) electrons. The topological polar surface area (TPSA) is 27.7 Å². The van der Waals surface area contributed by atoms with Crippen molar-refractivity contribution in [3.63, 3.8) is 0 Å². The molecular weight excluding hydrogens is 696 g/mol. The summed E-state index contributed by atoms with van der Waals surface area (Å²) in [5.74, 6) is -25.7. The van der Waals surface area contributed by atoms with E-state index in [9.17, 15) is 87.8 Å². The van der Waals surface area contributed by atoms with Gasteiger partial charge in [-0.25, -0.2) is 48.3 Å². The molecule has 0 bridgehead atoms. The fourth-order valence-corrected chi connectivity index (χ4v) is 6.37. The number of halogens is 20. The zero-order valence-corrected chi connectivity index (χ0v) is 23.2. The van der Waals surface area contributed by atoms with E-state index in [1.807, 2.05) is 0 Å². The number of hydrogen-bond acceptors (Lipinski definition) is 3. The van der Waals surface area contributed by atoms with Crippen LogP contribution in [-0.4, -0.2) is 116 Å². The lowest BCUT2D eigenvalue weighted by atomic mass is 9.87. The summed E-state index contributed by atoms with van der Waals surface area (Å²) >= 11 is 0. The molecule has 3 nitrogen and oxygen atoms in total. The van der Waals surface area contributed by atoms with E-state index in [0.29, 0.717) is 21.3 Å².